The van der Waals surface area contributed by atoms with Gasteiger partial charge in [0.05, 0.1) is 11.7 Å². The summed E-state index contributed by atoms with van der Waals surface area (Å²) in [5, 5.41) is 11.0. The van der Waals surface area contributed by atoms with Crippen molar-refractivity contribution in [3.63, 3.8) is 0 Å². The number of ether oxygens (including phenoxy) is 1. The number of hydrogen-bond acceptors (Lipinski definition) is 6. The van der Waals surface area contributed by atoms with Gasteiger partial charge in [-0.2, -0.15) is 4.98 Å². The van der Waals surface area contributed by atoms with Crippen LogP contribution in [0.2, 0.25) is 5.02 Å². The SMILES string of the molecule is CC1=C(C(=O)Nc2ccc(Cl)cc2)[C@@H](c2ccccc2)n2nc(C(=O)OC(C)C)nc2N1. The largest absolute Gasteiger partial charge is 0.457 e. The van der Waals surface area contributed by atoms with Crippen molar-refractivity contribution in [1.82, 2.24) is 14.8 Å². The Kier molecular flexibility index (Phi) is 5.96. The number of anilines is 2. The van der Waals surface area contributed by atoms with Gasteiger partial charge in [0.25, 0.3) is 11.7 Å². The molecule has 2 aromatic carbocycles. The minimum Gasteiger partial charge on any atom is -0.457 e. The topological polar surface area (TPSA) is 98.1 Å². The van der Waals surface area contributed by atoms with Crippen LogP contribution in [0, 0.1) is 0 Å². The van der Waals surface area contributed by atoms with Crippen molar-refractivity contribution in [2.24, 2.45) is 0 Å². The van der Waals surface area contributed by atoms with Crippen LogP contribution >= 0.6 is 11.6 Å². The van der Waals surface area contributed by atoms with E-state index in [0.29, 0.717) is 27.9 Å². The number of nitrogens with zero attached hydrogens (tertiary/aromatic N) is 3. The zero-order chi connectivity index (χ0) is 22.8. The van der Waals surface area contributed by atoms with Crippen LogP contribution in [0.4, 0.5) is 11.6 Å². The smallest absolute Gasteiger partial charge is 0.378 e. The molecule has 1 atom stereocenters. The number of carbonyl (C=O) groups excluding carboxylic acids is 2. The Morgan fingerprint density at radius 1 is 1.12 bits per heavy atom. The van der Waals surface area contributed by atoms with Crippen molar-refractivity contribution in [3.8, 4) is 0 Å². The standard InChI is InChI=1S/C23H22ClN5O3/c1-13(2)32-22(31)20-27-23-25-14(3)18(21(30)26-17-11-9-16(24)10-12-17)19(29(23)28-20)15-7-5-4-6-8-15/h4-13,19H,1-3H3,(H,26,30)(H,25,27,28)/t19-/m1/s1. The molecule has 2 N–H and O–H groups in total. The Morgan fingerprint density at radius 2 is 1.81 bits per heavy atom. The molecule has 8 nitrogen and oxygen atoms in total. The van der Waals surface area contributed by atoms with Crippen LogP contribution in [-0.4, -0.2) is 32.7 Å². The predicted molar refractivity (Wildman–Crippen MR) is 122 cm³/mol. The monoisotopic (exact) mass is 451 g/mol. The lowest BCUT2D eigenvalue weighted by Crippen LogP contribution is -2.31. The third kappa shape index (κ3) is 4.36. The molecule has 0 bridgehead atoms. The van der Waals surface area contributed by atoms with Gasteiger partial charge in [0.2, 0.25) is 5.95 Å². The Morgan fingerprint density at radius 3 is 2.47 bits per heavy atom. The second-order valence-electron chi connectivity index (χ2n) is 7.60. The third-order valence-electron chi connectivity index (χ3n) is 4.84. The summed E-state index contributed by atoms with van der Waals surface area (Å²) in [6.45, 7) is 5.30. The van der Waals surface area contributed by atoms with E-state index in [4.69, 9.17) is 16.3 Å². The molecule has 164 valence electrons. The maximum atomic E-state index is 13.3. The number of halogens is 1. The first-order valence-corrected chi connectivity index (χ1v) is 10.5. The van der Waals surface area contributed by atoms with Crippen LogP contribution in [-0.2, 0) is 9.53 Å². The van der Waals surface area contributed by atoms with E-state index in [2.05, 4.69) is 20.7 Å². The summed E-state index contributed by atoms with van der Waals surface area (Å²) in [6.07, 6.45) is -0.304. The van der Waals surface area contributed by atoms with Gasteiger partial charge in [-0.25, -0.2) is 9.48 Å². The number of rotatable bonds is 5. The van der Waals surface area contributed by atoms with Gasteiger partial charge in [-0.1, -0.05) is 41.9 Å². The van der Waals surface area contributed by atoms with Crippen LogP contribution in [0.25, 0.3) is 0 Å². The van der Waals surface area contributed by atoms with Crippen molar-refractivity contribution in [2.45, 2.75) is 32.9 Å². The first-order chi connectivity index (χ1) is 15.3. The highest BCUT2D eigenvalue weighted by Gasteiger charge is 2.35. The highest BCUT2D eigenvalue weighted by atomic mass is 35.5. The minimum atomic E-state index is -0.625. The Labute approximate surface area is 190 Å². The molecule has 0 aliphatic carbocycles. The Balaban J connectivity index is 1.74. The molecule has 32 heavy (non-hydrogen) atoms. The summed E-state index contributed by atoms with van der Waals surface area (Å²) < 4.78 is 6.77. The van der Waals surface area contributed by atoms with E-state index in [1.165, 1.54) is 4.68 Å². The van der Waals surface area contributed by atoms with Gasteiger partial charge < -0.3 is 15.4 Å². The molecule has 9 heteroatoms. The number of amides is 1. The summed E-state index contributed by atoms with van der Waals surface area (Å²) in [5.41, 5.74) is 2.49. The van der Waals surface area contributed by atoms with Gasteiger partial charge in [-0.05, 0) is 50.6 Å². The number of esters is 1. The van der Waals surface area contributed by atoms with Crippen LogP contribution in [0.3, 0.4) is 0 Å². The summed E-state index contributed by atoms with van der Waals surface area (Å²) in [5.74, 6) is -0.650. The lowest BCUT2D eigenvalue weighted by molar-refractivity contribution is -0.113. The number of allylic oxidation sites excluding steroid dienone is 1. The fraction of sp³-hybridized carbons (Fsp3) is 0.217. The van der Waals surface area contributed by atoms with Crippen molar-refractivity contribution >= 4 is 35.1 Å². The lowest BCUT2D eigenvalue weighted by Gasteiger charge is -2.28. The molecule has 0 radical (unpaired) electrons. The second kappa shape index (κ2) is 8.84. The van der Waals surface area contributed by atoms with Crippen molar-refractivity contribution < 1.29 is 14.3 Å². The second-order valence-corrected chi connectivity index (χ2v) is 8.03. The first-order valence-electron chi connectivity index (χ1n) is 10.1. The average molecular weight is 452 g/mol. The van der Waals surface area contributed by atoms with Gasteiger partial charge in [0.1, 0.15) is 6.04 Å². The van der Waals surface area contributed by atoms with E-state index in [9.17, 15) is 9.59 Å². The van der Waals surface area contributed by atoms with Crippen molar-refractivity contribution in [2.75, 3.05) is 10.6 Å². The number of hydrogen-bond donors (Lipinski definition) is 2. The third-order valence-corrected chi connectivity index (χ3v) is 5.09. The molecular weight excluding hydrogens is 430 g/mol. The molecular formula is C23H22ClN5O3. The molecule has 0 saturated carbocycles. The fourth-order valence-electron chi connectivity index (χ4n) is 3.47. The van der Waals surface area contributed by atoms with Gasteiger partial charge in [0.15, 0.2) is 0 Å². The molecule has 1 aliphatic rings. The Bertz CT molecular complexity index is 1190. The van der Waals surface area contributed by atoms with Crippen LogP contribution < -0.4 is 10.6 Å². The fourth-order valence-corrected chi connectivity index (χ4v) is 3.60. The summed E-state index contributed by atoms with van der Waals surface area (Å²) in [4.78, 5) is 30.0. The first kappa shape index (κ1) is 21.6. The average Bonchev–Trinajstić information content (AvgIpc) is 3.18. The molecule has 0 fully saturated rings. The van der Waals surface area contributed by atoms with E-state index in [-0.39, 0.29) is 17.8 Å². The normalized spacial score (nSPS) is 15.2. The highest BCUT2D eigenvalue weighted by molar-refractivity contribution is 6.30. The maximum Gasteiger partial charge on any atom is 0.378 e. The number of aromatic nitrogens is 3. The molecule has 1 aliphatic heterocycles. The van der Waals surface area contributed by atoms with Gasteiger partial charge in [-0.15, -0.1) is 5.10 Å². The number of fused-ring (bicyclic) bond motifs is 1. The molecule has 0 saturated heterocycles. The molecule has 0 spiro atoms. The van der Waals surface area contributed by atoms with Gasteiger partial charge >= 0.3 is 5.97 Å². The van der Waals surface area contributed by atoms with E-state index < -0.39 is 12.0 Å². The number of benzene rings is 2. The van der Waals surface area contributed by atoms with Crippen molar-refractivity contribution in [3.05, 3.63) is 82.3 Å². The van der Waals surface area contributed by atoms with Crippen LogP contribution in [0.5, 0.6) is 0 Å². The number of carbonyl (C=O) groups is 2. The molecule has 3 aromatic rings. The van der Waals surface area contributed by atoms with E-state index in [0.717, 1.165) is 5.56 Å². The zero-order valence-corrected chi connectivity index (χ0v) is 18.6. The van der Waals surface area contributed by atoms with Crippen LogP contribution in [0.1, 0.15) is 43.0 Å². The Hall–Kier alpha value is -3.65. The van der Waals surface area contributed by atoms with E-state index in [1.807, 2.05) is 30.3 Å². The molecule has 2 heterocycles. The minimum absolute atomic E-state index is 0.0747. The molecule has 4 rings (SSSR count). The van der Waals surface area contributed by atoms with Gasteiger partial charge in [-0.3, -0.25) is 4.79 Å². The summed E-state index contributed by atoms with van der Waals surface area (Å²) >= 11 is 5.95. The molecule has 0 unspecified atom stereocenters. The number of nitrogens with one attached hydrogen (secondary N) is 2. The predicted octanol–water partition coefficient (Wildman–Crippen LogP) is 4.42. The lowest BCUT2D eigenvalue weighted by atomic mass is 9.95. The zero-order valence-electron chi connectivity index (χ0n) is 17.8. The van der Waals surface area contributed by atoms with E-state index >= 15 is 0 Å². The van der Waals surface area contributed by atoms with Crippen LogP contribution in [0.15, 0.2) is 65.9 Å². The molecule has 1 aromatic heterocycles. The maximum absolute atomic E-state index is 13.3. The van der Waals surface area contributed by atoms with Gasteiger partial charge in [0, 0.05) is 16.4 Å². The molecule has 1 amide bonds. The van der Waals surface area contributed by atoms with E-state index in [1.54, 1.807) is 45.0 Å². The summed E-state index contributed by atoms with van der Waals surface area (Å²) in [7, 11) is 0. The van der Waals surface area contributed by atoms with Crippen molar-refractivity contribution in [1.29, 1.82) is 0 Å². The summed E-state index contributed by atoms with van der Waals surface area (Å²) in [6, 6.07) is 15.7. The quantitative estimate of drug-likeness (QED) is 0.557. The highest BCUT2D eigenvalue weighted by Crippen LogP contribution is 2.35.